The molecule has 2 aromatic heterocycles. The van der Waals surface area contributed by atoms with Gasteiger partial charge in [-0.2, -0.15) is 13.2 Å². The molecule has 0 saturated heterocycles. The van der Waals surface area contributed by atoms with Crippen LogP contribution in [0.1, 0.15) is 22.2 Å². The average Bonchev–Trinajstić information content (AvgIpc) is 2.97. The number of halogens is 3. The largest absolute Gasteiger partial charge is 0.462 e. The lowest BCUT2D eigenvalue weighted by Crippen LogP contribution is -2.17. The van der Waals surface area contributed by atoms with Gasteiger partial charge in [0.25, 0.3) is 0 Å². The molecule has 0 radical (unpaired) electrons. The van der Waals surface area contributed by atoms with Crippen molar-refractivity contribution >= 4 is 27.5 Å². The minimum Gasteiger partial charge on any atom is -0.462 e. The second-order valence-corrected chi connectivity index (χ2v) is 6.15. The van der Waals surface area contributed by atoms with E-state index in [9.17, 15) is 22.8 Å². The third-order valence-electron chi connectivity index (χ3n) is 3.54. The first-order valence-electron chi connectivity index (χ1n) is 7.32. The third-order valence-corrected chi connectivity index (χ3v) is 4.77. The summed E-state index contributed by atoms with van der Waals surface area (Å²) in [6.45, 7) is 1.63. The summed E-state index contributed by atoms with van der Waals surface area (Å²) >= 11 is 0.325. The second kappa shape index (κ2) is 6.36. The summed E-state index contributed by atoms with van der Waals surface area (Å²) in [4.78, 5) is 26.1. The van der Waals surface area contributed by atoms with Gasteiger partial charge in [-0.05, 0) is 12.5 Å². The first-order valence-corrected chi connectivity index (χ1v) is 8.14. The number of H-pyrrole nitrogens is 1. The van der Waals surface area contributed by atoms with E-state index in [0.29, 0.717) is 16.9 Å². The molecule has 1 aromatic carbocycles. The summed E-state index contributed by atoms with van der Waals surface area (Å²) in [6, 6.07) is 7.99. The zero-order chi connectivity index (χ0) is 18.2. The molecule has 0 amide bonds. The highest BCUT2D eigenvalue weighted by molar-refractivity contribution is 7.19. The van der Waals surface area contributed by atoms with Crippen molar-refractivity contribution in [2.75, 3.05) is 6.61 Å². The number of alkyl halides is 3. The highest BCUT2D eigenvalue weighted by atomic mass is 32.1. The van der Waals surface area contributed by atoms with Crippen molar-refractivity contribution in [3.05, 3.63) is 57.2 Å². The van der Waals surface area contributed by atoms with Crippen molar-refractivity contribution in [3.8, 4) is 11.1 Å². The lowest BCUT2D eigenvalue weighted by molar-refractivity contribution is -0.133. The van der Waals surface area contributed by atoms with E-state index in [0.717, 1.165) is 6.20 Å². The van der Waals surface area contributed by atoms with Crippen LogP contribution in [0.3, 0.4) is 0 Å². The molecule has 0 aliphatic heterocycles. The smallest absolute Gasteiger partial charge is 0.426 e. The Hall–Kier alpha value is -2.61. The Bertz CT molecular complexity index is 990. The van der Waals surface area contributed by atoms with Crippen molar-refractivity contribution in [3.63, 3.8) is 0 Å². The molecule has 3 rings (SSSR count). The van der Waals surface area contributed by atoms with Gasteiger partial charge in [0, 0.05) is 11.8 Å². The maximum atomic E-state index is 13.5. The van der Waals surface area contributed by atoms with Crippen LogP contribution in [0.4, 0.5) is 13.2 Å². The second-order valence-electron chi connectivity index (χ2n) is 5.13. The first-order chi connectivity index (χ1) is 11.8. The SMILES string of the molecule is CCOC(=O)c1c[nH]c2c(-c3ccccc3)c(C(F)(F)F)sc2c1=O. The Morgan fingerprint density at radius 2 is 1.92 bits per heavy atom. The van der Waals surface area contributed by atoms with Crippen molar-refractivity contribution in [1.82, 2.24) is 4.98 Å². The number of rotatable bonds is 3. The van der Waals surface area contributed by atoms with E-state index in [1.807, 2.05) is 0 Å². The summed E-state index contributed by atoms with van der Waals surface area (Å²) in [7, 11) is 0. The number of carbonyl (C=O) groups is 1. The fourth-order valence-corrected chi connectivity index (χ4v) is 3.61. The van der Waals surface area contributed by atoms with Crippen molar-refractivity contribution < 1.29 is 22.7 Å². The van der Waals surface area contributed by atoms with Crippen LogP contribution in [-0.2, 0) is 10.9 Å². The molecule has 0 atom stereocenters. The molecule has 3 aromatic rings. The number of hydrogen-bond acceptors (Lipinski definition) is 4. The molecule has 130 valence electrons. The van der Waals surface area contributed by atoms with Crippen molar-refractivity contribution in [2.45, 2.75) is 13.1 Å². The Morgan fingerprint density at radius 1 is 1.24 bits per heavy atom. The van der Waals surface area contributed by atoms with E-state index >= 15 is 0 Å². The van der Waals surface area contributed by atoms with Gasteiger partial charge in [0.2, 0.25) is 5.43 Å². The lowest BCUT2D eigenvalue weighted by atomic mass is 10.0. The Morgan fingerprint density at radius 3 is 2.52 bits per heavy atom. The standard InChI is InChI=1S/C17H12F3NO3S/c1-2-24-16(23)10-8-21-12-11(9-6-4-3-5-7-9)15(17(18,19)20)25-14(12)13(10)22/h3-8H,2H2,1H3,(H,21,22). The number of esters is 1. The number of carbonyl (C=O) groups excluding carboxylic acids is 1. The van der Waals surface area contributed by atoms with Gasteiger partial charge in [-0.25, -0.2) is 4.79 Å². The molecule has 2 heterocycles. The monoisotopic (exact) mass is 367 g/mol. The van der Waals surface area contributed by atoms with Crippen molar-refractivity contribution in [1.29, 1.82) is 0 Å². The number of thiophene rings is 1. The fourth-order valence-electron chi connectivity index (χ4n) is 2.50. The van der Waals surface area contributed by atoms with Crippen LogP contribution in [0.2, 0.25) is 0 Å². The predicted molar refractivity (Wildman–Crippen MR) is 88.8 cm³/mol. The average molecular weight is 367 g/mol. The summed E-state index contributed by atoms with van der Waals surface area (Å²) in [5.41, 5.74) is -0.795. The van der Waals surface area contributed by atoms with Crippen LogP contribution in [0.5, 0.6) is 0 Å². The van der Waals surface area contributed by atoms with E-state index < -0.39 is 22.5 Å². The summed E-state index contributed by atoms with van der Waals surface area (Å²) in [5.74, 6) is -0.867. The van der Waals surface area contributed by atoms with Crippen LogP contribution < -0.4 is 5.43 Å². The number of fused-ring (bicyclic) bond motifs is 1. The predicted octanol–water partition coefficient (Wildman–Crippen LogP) is 4.45. The fraction of sp³-hybridized carbons (Fsp3) is 0.176. The lowest BCUT2D eigenvalue weighted by Gasteiger charge is -2.08. The van der Waals surface area contributed by atoms with Gasteiger partial charge >= 0.3 is 12.1 Å². The van der Waals surface area contributed by atoms with Gasteiger partial charge in [-0.1, -0.05) is 30.3 Å². The third kappa shape index (κ3) is 3.05. The molecule has 0 bridgehead atoms. The van der Waals surface area contributed by atoms with E-state index in [4.69, 9.17) is 4.74 Å². The van der Waals surface area contributed by atoms with Crippen LogP contribution in [0, 0.1) is 0 Å². The molecule has 4 nitrogen and oxygen atoms in total. The zero-order valence-electron chi connectivity index (χ0n) is 12.9. The number of hydrogen-bond donors (Lipinski definition) is 1. The summed E-state index contributed by atoms with van der Waals surface area (Å²) in [5, 5.41) is 0. The van der Waals surface area contributed by atoms with Crippen LogP contribution >= 0.6 is 11.3 Å². The van der Waals surface area contributed by atoms with Gasteiger partial charge < -0.3 is 9.72 Å². The molecule has 8 heteroatoms. The molecular formula is C17H12F3NO3S. The number of pyridine rings is 1. The summed E-state index contributed by atoms with van der Waals surface area (Å²) in [6.07, 6.45) is -3.53. The molecular weight excluding hydrogens is 355 g/mol. The molecule has 0 aliphatic rings. The van der Waals surface area contributed by atoms with Crippen LogP contribution in [-0.4, -0.2) is 17.6 Å². The summed E-state index contributed by atoms with van der Waals surface area (Å²) < 4.78 is 45.1. The van der Waals surface area contributed by atoms with Crippen LogP contribution in [0.15, 0.2) is 41.3 Å². The zero-order valence-corrected chi connectivity index (χ0v) is 13.8. The molecule has 1 N–H and O–H groups in total. The molecule has 0 saturated carbocycles. The normalized spacial score (nSPS) is 11.7. The van der Waals surface area contributed by atoms with Gasteiger partial charge in [-0.15, -0.1) is 11.3 Å². The number of aromatic nitrogens is 1. The Kier molecular flexibility index (Phi) is 4.38. The van der Waals surface area contributed by atoms with E-state index in [1.165, 1.54) is 12.1 Å². The Balaban J connectivity index is 2.33. The number of ether oxygens (including phenoxy) is 1. The molecule has 25 heavy (non-hydrogen) atoms. The van der Waals surface area contributed by atoms with Gasteiger partial charge in [0.1, 0.15) is 15.1 Å². The number of aromatic amines is 1. The Labute approximate surface area is 143 Å². The molecule has 0 spiro atoms. The minimum atomic E-state index is -4.63. The van der Waals surface area contributed by atoms with E-state index in [2.05, 4.69) is 4.98 Å². The number of nitrogens with one attached hydrogen (secondary N) is 1. The highest BCUT2D eigenvalue weighted by Gasteiger charge is 2.38. The molecule has 0 fully saturated rings. The first kappa shape index (κ1) is 17.2. The van der Waals surface area contributed by atoms with Crippen molar-refractivity contribution in [2.24, 2.45) is 0 Å². The van der Waals surface area contributed by atoms with Gasteiger partial charge in [0.15, 0.2) is 0 Å². The maximum absolute atomic E-state index is 13.5. The quantitative estimate of drug-likeness (QED) is 0.696. The number of benzene rings is 1. The van der Waals surface area contributed by atoms with E-state index in [1.54, 1.807) is 25.1 Å². The van der Waals surface area contributed by atoms with Gasteiger partial charge in [0.05, 0.1) is 12.1 Å². The van der Waals surface area contributed by atoms with Gasteiger partial charge in [-0.3, -0.25) is 4.79 Å². The molecule has 0 unspecified atom stereocenters. The van der Waals surface area contributed by atoms with Crippen LogP contribution in [0.25, 0.3) is 21.3 Å². The van der Waals surface area contributed by atoms with E-state index in [-0.39, 0.29) is 28.0 Å². The highest BCUT2D eigenvalue weighted by Crippen LogP contribution is 2.45. The molecule has 0 aliphatic carbocycles. The maximum Gasteiger partial charge on any atom is 0.426 e. The topological polar surface area (TPSA) is 59.2 Å². The minimum absolute atomic E-state index is 0.0570.